The van der Waals surface area contributed by atoms with Crippen molar-refractivity contribution < 1.29 is 23.0 Å². The van der Waals surface area contributed by atoms with E-state index in [0.717, 1.165) is 6.42 Å². The Morgan fingerprint density at radius 2 is 1.94 bits per heavy atom. The first-order valence-corrected chi connectivity index (χ1v) is 5.39. The van der Waals surface area contributed by atoms with E-state index in [4.69, 9.17) is 15.6 Å². The van der Waals surface area contributed by atoms with E-state index in [1.807, 2.05) is 0 Å². The van der Waals surface area contributed by atoms with Crippen LogP contribution in [0.15, 0.2) is 6.07 Å². The number of anilines is 1. The smallest absolute Gasteiger partial charge is 0.433 e. The highest BCUT2D eigenvalue weighted by Gasteiger charge is 2.33. The van der Waals surface area contributed by atoms with Gasteiger partial charge in [0.1, 0.15) is 0 Å². The zero-order chi connectivity index (χ0) is 13.6. The summed E-state index contributed by atoms with van der Waals surface area (Å²) in [5.74, 6) is -0.672. The quantitative estimate of drug-likeness (QED) is 0.764. The summed E-state index contributed by atoms with van der Waals surface area (Å²) in [5.41, 5.74) is 4.05. The van der Waals surface area contributed by atoms with E-state index in [9.17, 15) is 13.2 Å². The molecule has 0 radical (unpaired) electrons. The number of aromatic nitrogens is 2. The second kappa shape index (κ2) is 6.39. The van der Waals surface area contributed by atoms with Crippen molar-refractivity contribution in [1.29, 1.82) is 0 Å². The van der Waals surface area contributed by atoms with E-state index in [2.05, 4.69) is 9.97 Å². The normalized spacial score (nSPS) is 11.6. The van der Waals surface area contributed by atoms with Gasteiger partial charge < -0.3 is 15.6 Å². The fourth-order valence-electron chi connectivity index (χ4n) is 1.23. The summed E-state index contributed by atoms with van der Waals surface area (Å²) in [5, 5.41) is 8.54. The highest BCUT2D eigenvalue weighted by atomic mass is 19.4. The summed E-state index contributed by atoms with van der Waals surface area (Å²) in [6.07, 6.45) is -2.61. The van der Waals surface area contributed by atoms with Crippen LogP contribution in [0.5, 0.6) is 5.88 Å². The van der Waals surface area contributed by atoms with Crippen molar-refractivity contribution in [1.82, 2.24) is 9.97 Å². The van der Waals surface area contributed by atoms with Crippen LogP contribution in [-0.4, -0.2) is 28.3 Å². The van der Waals surface area contributed by atoms with Crippen LogP contribution < -0.4 is 10.5 Å². The summed E-state index contributed by atoms with van der Waals surface area (Å²) < 4.78 is 42.3. The molecule has 102 valence electrons. The van der Waals surface area contributed by atoms with E-state index in [-0.39, 0.29) is 19.1 Å². The number of halogens is 3. The van der Waals surface area contributed by atoms with Gasteiger partial charge in [0, 0.05) is 12.7 Å². The number of nitrogens with two attached hydrogens (primary N) is 1. The topological polar surface area (TPSA) is 81.3 Å². The Balaban J connectivity index is 2.58. The zero-order valence-corrected chi connectivity index (χ0v) is 9.57. The molecule has 0 atom stereocenters. The minimum absolute atomic E-state index is 0.0820. The van der Waals surface area contributed by atoms with Crippen LogP contribution in [-0.2, 0) is 6.18 Å². The second-order valence-electron chi connectivity index (χ2n) is 3.58. The van der Waals surface area contributed by atoms with Crippen molar-refractivity contribution in [2.24, 2.45) is 0 Å². The Kier molecular flexibility index (Phi) is 5.14. The third-order valence-electron chi connectivity index (χ3n) is 2.06. The van der Waals surface area contributed by atoms with Gasteiger partial charge >= 0.3 is 6.18 Å². The van der Waals surface area contributed by atoms with Crippen LogP contribution in [0.1, 0.15) is 25.0 Å². The van der Waals surface area contributed by atoms with Gasteiger partial charge in [-0.25, -0.2) is 4.98 Å². The number of nitrogens with zero attached hydrogens (tertiary/aromatic N) is 2. The summed E-state index contributed by atoms with van der Waals surface area (Å²) in [7, 11) is 0. The Bertz CT molecular complexity index is 385. The van der Waals surface area contributed by atoms with Crippen LogP contribution in [0.4, 0.5) is 19.1 Å². The average molecular weight is 265 g/mol. The van der Waals surface area contributed by atoms with Crippen molar-refractivity contribution in [2.75, 3.05) is 18.9 Å². The first-order chi connectivity index (χ1) is 8.43. The Labute approximate surface area is 102 Å². The van der Waals surface area contributed by atoms with Crippen molar-refractivity contribution in [2.45, 2.75) is 25.4 Å². The Hall–Kier alpha value is -1.57. The lowest BCUT2D eigenvalue weighted by Gasteiger charge is -2.09. The molecule has 1 rings (SSSR count). The largest absolute Gasteiger partial charge is 0.478 e. The monoisotopic (exact) mass is 265 g/mol. The van der Waals surface area contributed by atoms with Crippen molar-refractivity contribution >= 4 is 5.95 Å². The highest BCUT2D eigenvalue weighted by Crippen LogP contribution is 2.29. The number of unbranched alkanes of at least 4 members (excludes halogenated alkanes) is 2. The highest BCUT2D eigenvalue weighted by molar-refractivity contribution is 5.27. The zero-order valence-electron chi connectivity index (χ0n) is 9.57. The lowest BCUT2D eigenvalue weighted by molar-refractivity contribution is -0.141. The molecular weight excluding hydrogens is 251 g/mol. The molecule has 0 spiro atoms. The molecule has 0 aliphatic carbocycles. The number of alkyl halides is 3. The molecule has 1 heterocycles. The summed E-state index contributed by atoms with van der Waals surface area (Å²) in [6.45, 7) is 0.298. The molecule has 3 N–H and O–H groups in total. The van der Waals surface area contributed by atoms with Crippen molar-refractivity contribution in [3.63, 3.8) is 0 Å². The summed E-state index contributed by atoms with van der Waals surface area (Å²) in [4.78, 5) is 6.65. The minimum atomic E-state index is -4.58. The van der Waals surface area contributed by atoms with Gasteiger partial charge in [0.05, 0.1) is 6.61 Å². The molecule has 1 aromatic rings. The van der Waals surface area contributed by atoms with Crippen LogP contribution in [0.2, 0.25) is 0 Å². The van der Waals surface area contributed by atoms with Gasteiger partial charge in [-0.05, 0) is 19.3 Å². The van der Waals surface area contributed by atoms with Crippen LogP contribution >= 0.6 is 0 Å². The van der Waals surface area contributed by atoms with Crippen LogP contribution in [0.3, 0.4) is 0 Å². The molecule has 0 unspecified atom stereocenters. The molecule has 0 amide bonds. The lowest BCUT2D eigenvalue weighted by atomic mass is 10.2. The maximum absolute atomic E-state index is 12.4. The maximum atomic E-state index is 12.4. The Morgan fingerprint density at radius 1 is 1.22 bits per heavy atom. The van der Waals surface area contributed by atoms with E-state index < -0.39 is 17.8 Å². The number of aliphatic hydroxyl groups excluding tert-OH is 1. The van der Waals surface area contributed by atoms with Gasteiger partial charge in [-0.1, -0.05) is 0 Å². The van der Waals surface area contributed by atoms with Crippen LogP contribution in [0, 0.1) is 0 Å². The molecule has 5 nitrogen and oxygen atoms in total. The van der Waals surface area contributed by atoms with Crippen molar-refractivity contribution in [3.8, 4) is 5.88 Å². The van der Waals surface area contributed by atoms with Gasteiger partial charge in [0.25, 0.3) is 0 Å². The number of hydrogen-bond acceptors (Lipinski definition) is 5. The minimum Gasteiger partial charge on any atom is -0.478 e. The Morgan fingerprint density at radius 3 is 2.56 bits per heavy atom. The van der Waals surface area contributed by atoms with Gasteiger partial charge in [-0.15, -0.1) is 0 Å². The van der Waals surface area contributed by atoms with Gasteiger partial charge in [-0.2, -0.15) is 18.2 Å². The van der Waals surface area contributed by atoms with E-state index in [1.54, 1.807) is 0 Å². The fraction of sp³-hybridized carbons (Fsp3) is 0.600. The molecule has 0 bridgehead atoms. The third kappa shape index (κ3) is 4.74. The molecule has 0 aromatic carbocycles. The lowest BCUT2D eigenvalue weighted by Crippen LogP contribution is -2.12. The molecule has 0 aliphatic heterocycles. The molecular formula is C10H14F3N3O2. The van der Waals surface area contributed by atoms with E-state index >= 15 is 0 Å². The van der Waals surface area contributed by atoms with E-state index in [0.29, 0.717) is 18.9 Å². The maximum Gasteiger partial charge on any atom is 0.433 e. The number of hydrogen-bond donors (Lipinski definition) is 2. The average Bonchev–Trinajstić information content (AvgIpc) is 2.27. The van der Waals surface area contributed by atoms with Gasteiger partial charge in [-0.3, -0.25) is 0 Å². The SMILES string of the molecule is Nc1nc(OCCCCCO)cc(C(F)(F)F)n1. The standard InChI is InChI=1S/C10H14F3N3O2/c11-10(12,13)7-6-8(16-9(14)15-7)18-5-3-1-2-4-17/h6,17H,1-5H2,(H2,14,15,16). The number of rotatable bonds is 6. The molecule has 0 fully saturated rings. The number of ether oxygens (including phenoxy) is 1. The number of aliphatic hydroxyl groups is 1. The molecule has 8 heteroatoms. The predicted octanol–water partition coefficient (Wildman–Crippen LogP) is 1.62. The summed E-state index contributed by atoms with van der Waals surface area (Å²) >= 11 is 0. The fourth-order valence-corrected chi connectivity index (χ4v) is 1.23. The molecule has 1 aromatic heterocycles. The molecule has 0 saturated heterocycles. The van der Waals surface area contributed by atoms with E-state index in [1.165, 1.54) is 0 Å². The van der Waals surface area contributed by atoms with Crippen molar-refractivity contribution in [3.05, 3.63) is 11.8 Å². The molecule has 0 aliphatic rings. The first kappa shape index (κ1) is 14.5. The predicted molar refractivity (Wildman–Crippen MR) is 57.9 cm³/mol. The van der Waals surface area contributed by atoms with Gasteiger partial charge in [0.15, 0.2) is 5.69 Å². The van der Waals surface area contributed by atoms with Crippen LogP contribution in [0.25, 0.3) is 0 Å². The number of nitrogen functional groups attached to an aromatic ring is 1. The van der Waals surface area contributed by atoms with Gasteiger partial charge in [0.2, 0.25) is 11.8 Å². The first-order valence-electron chi connectivity index (χ1n) is 5.39. The second-order valence-corrected chi connectivity index (χ2v) is 3.58. The summed E-state index contributed by atoms with van der Waals surface area (Å²) in [6, 6.07) is 0.711. The molecule has 18 heavy (non-hydrogen) atoms. The third-order valence-corrected chi connectivity index (χ3v) is 2.06. The molecule has 0 saturated carbocycles.